The van der Waals surface area contributed by atoms with Crippen molar-refractivity contribution in [2.24, 2.45) is 0 Å². The molecule has 1 heterocycles. The summed E-state index contributed by atoms with van der Waals surface area (Å²) in [4.78, 5) is 0. The largest absolute Gasteiger partial charge is 0.466 e. The standard InChI is InChI=1S/C12H22N2O/c1-10-5-6-11(15-10)7-8-14-12(2,3)9-13-4/h5-6,13-14H,7-9H2,1-4H3. The summed E-state index contributed by atoms with van der Waals surface area (Å²) in [6.45, 7) is 8.27. The predicted octanol–water partition coefficient (Wildman–Crippen LogP) is 1.72. The summed E-state index contributed by atoms with van der Waals surface area (Å²) in [5.74, 6) is 2.04. The first-order valence-electron chi connectivity index (χ1n) is 5.48. The zero-order chi connectivity index (χ0) is 11.3. The highest BCUT2D eigenvalue weighted by Crippen LogP contribution is 2.07. The second kappa shape index (κ2) is 5.33. The highest BCUT2D eigenvalue weighted by Gasteiger charge is 2.14. The van der Waals surface area contributed by atoms with Gasteiger partial charge in [0, 0.05) is 25.0 Å². The van der Waals surface area contributed by atoms with Crippen LogP contribution in [0.5, 0.6) is 0 Å². The van der Waals surface area contributed by atoms with Gasteiger partial charge in [0.25, 0.3) is 0 Å². The molecular formula is C12H22N2O. The highest BCUT2D eigenvalue weighted by atomic mass is 16.3. The summed E-state index contributed by atoms with van der Waals surface area (Å²) < 4.78 is 5.50. The van der Waals surface area contributed by atoms with E-state index in [1.807, 2.05) is 26.1 Å². The van der Waals surface area contributed by atoms with Gasteiger partial charge in [-0.25, -0.2) is 0 Å². The summed E-state index contributed by atoms with van der Waals surface area (Å²) in [5, 5.41) is 6.67. The first-order valence-corrected chi connectivity index (χ1v) is 5.48. The lowest BCUT2D eigenvalue weighted by Crippen LogP contribution is -2.47. The van der Waals surface area contributed by atoms with E-state index in [0.29, 0.717) is 0 Å². The fourth-order valence-corrected chi connectivity index (χ4v) is 1.65. The second-order valence-corrected chi connectivity index (χ2v) is 4.60. The molecule has 3 nitrogen and oxygen atoms in total. The van der Waals surface area contributed by atoms with E-state index >= 15 is 0 Å². The topological polar surface area (TPSA) is 37.2 Å². The van der Waals surface area contributed by atoms with E-state index in [2.05, 4.69) is 24.5 Å². The van der Waals surface area contributed by atoms with Gasteiger partial charge >= 0.3 is 0 Å². The van der Waals surface area contributed by atoms with Gasteiger partial charge in [-0.1, -0.05) is 0 Å². The number of nitrogens with one attached hydrogen (secondary N) is 2. The smallest absolute Gasteiger partial charge is 0.105 e. The molecule has 0 aliphatic carbocycles. The van der Waals surface area contributed by atoms with Crippen molar-refractivity contribution < 1.29 is 4.42 Å². The molecule has 0 aliphatic heterocycles. The number of aryl methyl sites for hydroxylation is 1. The Morgan fingerprint density at radius 3 is 2.60 bits per heavy atom. The molecule has 0 radical (unpaired) electrons. The summed E-state index contributed by atoms with van der Waals surface area (Å²) in [6.07, 6.45) is 0.945. The number of hydrogen-bond acceptors (Lipinski definition) is 3. The molecule has 0 fully saturated rings. The van der Waals surface area contributed by atoms with Gasteiger partial charge in [-0.05, 0) is 40.0 Å². The van der Waals surface area contributed by atoms with E-state index in [-0.39, 0.29) is 5.54 Å². The third-order valence-electron chi connectivity index (χ3n) is 2.39. The molecule has 1 aromatic heterocycles. The number of likely N-dealkylation sites (N-methyl/N-ethyl adjacent to an activating group) is 1. The molecule has 0 aliphatic rings. The molecule has 3 heteroatoms. The van der Waals surface area contributed by atoms with Crippen molar-refractivity contribution >= 4 is 0 Å². The SMILES string of the molecule is CNCC(C)(C)NCCc1ccc(C)o1. The van der Waals surface area contributed by atoms with Crippen molar-refractivity contribution in [3.8, 4) is 0 Å². The molecule has 0 bridgehead atoms. The fourth-order valence-electron chi connectivity index (χ4n) is 1.65. The molecule has 0 unspecified atom stereocenters. The van der Waals surface area contributed by atoms with E-state index in [1.165, 1.54) is 0 Å². The highest BCUT2D eigenvalue weighted by molar-refractivity contribution is 5.05. The minimum absolute atomic E-state index is 0.135. The van der Waals surface area contributed by atoms with Gasteiger partial charge in [-0.2, -0.15) is 0 Å². The van der Waals surface area contributed by atoms with Crippen LogP contribution < -0.4 is 10.6 Å². The van der Waals surface area contributed by atoms with Crippen molar-refractivity contribution in [1.29, 1.82) is 0 Å². The lowest BCUT2D eigenvalue weighted by Gasteiger charge is -2.25. The van der Waals surface area contributed by atoms with Crippen LogP contribution >= 0.6 is 0 Å². The molecule has 0 spiro atoms. The Morgan fingerprint density at radius 1 is 1.33 bits per heavy atom. The summed E-state index contributed by atoms with van der Waals surface area (Å²) >= 11 is 0. The van der Waals surface area contributed by atoms with Gasteiger partial charge in [-0.3, -0.25) is 0 Å². The summed E-state index contributed by atoms with van der Waals surface area (Å²) in [6, 6.07) is 4.05. The van der Waals surface area contributed by atoms with Crippen LogP contribution in [0.15, 0.2) is 16.5 Å². The fraction of sp³-hybridized carbons (Fsp3) is 0.667. The number of hydrogen-bond donors (Lipinski definition) is 2. The molecule has 2 N–H and O–H groups in total. The zero-order valence-corrected chi connectivity index (χ0v) is 10.2. The Labute approximate surface area is 92.2 Å². The van der Waals surface area contributed by atoms with Crippen molar-refractivity contribution in [2.45, 2.75) is 32.7 Å². The average Bonchev–Trinajstić information content (AvgIpc) is 2.51. The van der Waals surface area contributed by atoms with E-state index in [1.54, 1.807) is 0 Å². The Balaban J connectivity index is 2.27. The molecule has 86 valence electrons. The Hall–Kier alpha value is -0.800. The van der Waals surface area contributed by atoms with E-state index in [9.17, 15) is 0 Å². The molecule has 0 atom stereocenters. The first-order chi connectivity index (χ1) is 7.03. The lowest BCUT2D eigenvalue weighted by molar-refractivity contribution is 0.370. The van der Waals surface area contributed by atoms with Crippen LogP contribution in [-0.4, -0.2) is 25.7 Å². The third kappa shape index (κ3) is 4.49. The van der Waals surface area contributed by atoms with Gasteiger partial charge in [0.2, 0.25) is 0 Å². The molecule has 0 saturated heterocycles. The van der Waals surface area contributed by atoms with Crippen LogP contribution in [-0.2, 0) is 6.42 Å². The van der Waals surface area contributed by atoms with Gasteiger partial charge in [0.15, 0.2) is 0 Å². The van der Waals surface area contributed by atoms with E-state index < -0.39 is 0 Å². The minimum atomic E-state index is 0.135. The second-order valence-electron chi connectivity index (χ2n) is 4.60. The minimum Gasteiger partial charge on any atom is -0.466 e. The molecule has 15 heavy (non-hydrogen) atoms. The van der Waals surface area contributed by atoms with Crippen LogP contribution in [0.2, 0.25) is 0 Å². The molecular weight excluding hydrogens is 188 g/mol. The third-order valence-corrected chi connectivity index (χ3v) is 2.39. The zero-order valence-electron chi connectivity index (χ0n) is 10.2. The maximum absolute atomic E-state index is 5.50. The van der Waals surface area contributed by atoms with Crippen molar-refractivity contribution in [1.82, 2.24) is 10.6 Å². The lowest BCUT2D eigenvalue weighted by atomic mass is 10.1. The van der Waals surface area contributed by atoms with Gasteiger partial charge < -0.3 is 15.1 Å². The van der Waals surface area contributed by atoms with Gasteiger partial charge in [-0.15, -0.1) is 0 Å². The molecule has 0 saturated carbocycles. The molecule has 1 rings (SSSR count). The maximum atomic E-state index is 5.50. The summed E-state index contributed by atoms with van der Waals surface area (Å²) in [5.41, 5.74) is 0.135. The summed E-state index contributed by atoms with van der Waals surface area (Å²) in [7, 11) is 1.97. The van der Waals surface area contributed by atoms with E-state index in [0.717, 1.165) is 31.0 Å². The van der Waals surface area contributed by atoms with Crippen molar-refractivity contribution in [2.75, 3.05) is 20.1 Å². The Morgan fingerprint density at radius 2 is 2.07 bits per heavy atom. The number of rotatable bonds is 6. The van der Waals surface area contributed by atoms with Crippen LogP contribution in [0, 0.1) is 6.92 Å². The first kappa shape index (κ1) is 12.3. The van der Waals surface area contributed by atoms with E-state index in [4.69, 9.17) is 4.42 Å². The molecule has 0 aromatic carbocycles. The van der Waals surface area contributed by atoms with Crippen molar-refractivity contribution in [3.05, 3.63) is 23.7 Å². The van der Waals surface area contributed by atoms with Crippen LogP contribution in [0.4, 0.5) is 0 Å². The normalized spacial score (nSPS) is 12.0. The predicted molar refractivity (Wildman–Crippen MR) is 63.2 cm³/mol. The Kier molecular flexibility index (Phi) is 4.36. The van der Waals surface area contributed by atoms with Crippen molar-refractivity contribution in [3.63, 3.8) is 0 Å². The average molecular weight is 210 g/mol. The Bertz CT molecular complexity index is 292. The number of furan rings is 1. The maximum Gasteiger partial charge on any atom is 0.105 e. The van der Waals surface area contributed by atoms with Crippen LogP contribution in [0.25, 0.3) is 0 Å². The molecule has 0 amide bonds. The monoisotopic (exact) mass is 210 g/mol. The quantitative estimate of drug-likeness (QED) is 0.750. The van der Waals surface area contributed by atoms with Gasteiger partial charge in [0.05, 0.1) is 0 Å². The van der Waals surface area contributed by atoms with Crippen LogP contribution in [0.3, 0.4) is 0 Å². The van der Waals surface area contributed by atoms with Crippen LogP contribution in [0.1, 0.15) is 25.4 Å². The molecule has 1 aromatic rings. The van der Waals surface area contributed by atoms with Gasteiger partial charge in [0.1, 0.15) is 11.5 Å².